The molecule has 0 heterocycles. The van der Waals surface area contributed by atoms with Crippen LogP contribution in [0.15, 0.2) is 4.99 Å². The molecule has 4 unspecified atom stereocenters. The summed E-state index contributed by atoms with van der Waals surface area (Å²) in [5.74, 6) is -4.36. The van der Waals surface area contributed by atoms with Gasteiger partial charge in [0.15, 0.2) is 5.96 Å². The number of nitrogens with zero attached hydrogens (tertiary/aromatic N) is 1. The molecule has 206 valence electrons. The smallest absolute Gasteiger partial charge is 0.326 e. The number of amides is 4. The van der Waals surface area contributed by atoms with Crippen molar-refractivity contribution in [1.29, 1.82) is 0 Å². The lowest BCUT2D eigenvalue weighted by Gasteiger charge is -2.26. The second-order valence-electron chi connectivity index (χ2n) is 9.51. The average Bonchev–Trinajstić information content (AvgIpc) is 2.73. The van der Waals surface area contributed by atoms with Crippen LogP contribution >= 0.6 is 0 Å². The molecule has 0 aliphatic rings. The van der Waals surface area contributed by atoms with Gasteiger partial charge in [-0.1, -0.05) is 27.7 Å². The van der Waals surface area contributed by atoms with Gasteiger partial charge in [0.2, 0.25) is 23.6 Å². The molecular formula is C22H42N8O6. The normalized spacial score (nSPS) is 14.3. The molecule has 0 rings (SSSR count). The molecule has 0 radical (unpaired) electrons. The lowest BCUT2D eigenvalue weighted by atomic mass is 10.0. The minimum absolute atomic E-state index is 0.0499. The summed E-state index contributed by atoms with van der Waals surface area (Å²) in [6, 6.07) is -4.63. The number of carboxylic acid groups (broad SMARTS) is 1. The van der Waals surface area contributed by atoms with Gasteiger partial charge in [0.25, 0.3) is 0 Å². The minimum atomic E-state index is -1.36. The number of aliphatic carboxylic acids is 1. The molecule has 0 aliphatic heterocycles. The third-order valence-electron chi connectivity index (χ3n) is 5.00. The van der Waals surface area contributed by atoms with E-state index in [-0.39, 0.29) is 37.2 Å². The molecule has 0 saturated carbocycles. The number of aliphatic imine (C=N–C) groups is 1. The quantitative estimate of drug-likeness (QED) is 0.0598. The zero-order chi connectivity index (χ0) is 28.0. The van der Waals surface area contributed by atoms with E-state index in [2.05, 4.69) is 20.9 Å². The Balaban J connectivity index is 5.48. The van der Waals surface area contributed by atoms with E-state index in [9.17, 15) is 29.1 Å². The zero-order valence-corrected chi connectivity index (χ0v) is 21.5. The molecule has 0 bridgehead atoms. The summed E-state index contributed by atoms with van der Waals surface area (Å²) >= 11 is 0. The largest absolute Gasteiger partial charge is 0.480 e. The van der Waals surface area contributed by atoms with Gasteiger partial charge in [0.1, 0.15) is 18.1 Å². The Morgan fingerprint density at radius 2 is 1.28 bits per heavy atom. The second-order valence-corrected chi connectivity index (χ2v) is 9.51. The first-order valence-corrected chi connectivity index (χ1v) is 11.9. The number of carboxylic acids is 1. The van der Waals surface area contributed by atoms with E-state index in [1.165, 1.54) is 0 Å². The highest BCUT2D eigenvalue weighted by molar-refractivity contribution is 5.96. The second kappa shape index (κ2) is 16.3. The molecule has 0 fully saturated rings. The summed E-state index contributed by atoms with van der Waals surface area (Å²) in [6.45, 7) is 7.55. The molecule has 14 nitrogen and oxygen atoms in total. The van der Waals surface area contributed by atoms with E-state index in [4.69, 9.17) is 22.9 Å². The molecule has 0 aromatic rings. The average molecular weight is 515 g/mol. The molecule has 12 N–H and O–H groups in total. The fraction of sp³-hybridized carbons (Fsp3) is 0.727. The Morgan fingerprint density at radius 1 is 0.778 bits per heavy atom. The van der Waals surface area contributed by atoms with Crippen molar-refractivity contribution in [2.24, 2.45) is 39.8 Å². The Bertz CT molecular complexity index is 797. The minimum Gasteiger partial charge on any atom is -0.480 e. The number of hydrogen-bond donors (Lipinski definition) is 8. The van der Waals surface area contributed by atoms with Gasteiger partial charge in [0.05, 0.1) is 12.5 Å². The summed E-state index contributed by atoms with van der Waals surface area (Å²) in [6.07, 6.45) is 0.357. The maximum atomic E-state index is 12.9. The Hall–Kier alpha value is -3.42. The predicted octanol–water partition coefficient (Wildman–Crippen LogP) is -2.13. The maximum Gasteiger partial charge on any atom is 0.326 e. The van der Waals surface area contributed by atoms with Crippen LogP contribution in [0.3, 0.4) is 0 Å². The van der Waals surface area contributed by atoms with Gasteiger partial charge in [-0.3, -0.25) is 24.2 Å². The molecule has 0 aromatic heterocycles. The van der Waals surface area contributed by atoms with Crippen LogP contribution in [0.5, 0.6) is 0 Å². The first kappa shape index (κ1) is 32.6. The molecular weight excluding hydrogens is 472 g/mol. The van der Waals surface area contributed by atoms with Crippen molar-refractivity contribution in [3.8, 4) is 0 Å². The lowest BCUT2D eigenvalue weighted by molar-refractivity contribution is -0.142. The maximum absolute atomic E-state index is 12.9. The summed E-state index contributed by atoms with van der Waals surface area (Å²) in [5.41, 5.74) is 21.6. The molecule has 0 aromatic carbocycles. The fourth-order valence-electron chi connectivity index (χ4n) is 3.31. The topological polar surface area (TPSA) is 258 Å². The van der Waals surface area contributed by atoms with Crippen molar-refractivity contribution < 1.29 is 29.1 Å². The summed E-state index contributed by atoms with van der Waals surface area (Å²) in [4.78, 5) is 65.2. The molecule has 14 heteroatoms. The molecule has 36 heavy (non-hydrogen) atoms. The van der Waals surface area contributed by atoms with E-state index >= 15 is 0 Å². The zero-order valence-electron chi connectivity index (χ0n) is 21.5. The standard InChI is InChI=1S/C22H42N8O6/c1-11(2)8-13(23)18(32)29-16(10-17(24)31)20(34)30-15(9-12(3)4)19(33)28-14(21(35)36)6-5-7-27-22(25)26/h11-16H,5-10,23H2,1-4H3,(H2,24,31)(H,28,33)(H,29,32)(H,30,34)(H,35,36)(H4,25,26,27). The van der Waals surface area contributed by atoms with Crippen LogP contribution in [0.1, 0.15) is 59.8 Å². The number of carbonyl (C=O) groups excluding carboxylic acids is 4. The van der Waals surface area contributed by atoms with Crippen molar-refractivity contribution >= 4 is 35.6 Å². The first-order valence-electron chi connectivity index (χ1n) is 11.9. The van der Waals surface area contributed by atoms with Gasteiger partial charge in [0, 0.05) is 6.54 Å². The van der Waals surface area contributed by atoms with E-state index < -0.39 is 60.2 Å². The van der Waals surface area contributed by atoms with Crippen molar-refractivity contribution in [3.63, 3.8) is 0 Å². The van der Waals surface area contributed by atoms with E-state index in [1.807, 2.05) is 27.7 Å². The summed E-state index contributed by atoms with van der Waals surface area (Å²) in [5, 5.41) is 16.8. The van der Waals surface area contributed by atoms with Gasteiger partial charge in [-0.15, -0.1) is 0 Å². The number of hydrogen-bond acceptors (Lipinski definition) is 7. The summed E-state index contributed by atoms with van der Waals surface area (Å²) in [7, 11) is 0. The lowest BCUT2D eigenvalue weighted by Crippen LogP contribution is -2.58. The fourth-order valence-corrected chi connectivity index (χ4v) is 3.31. The molecule has 0 aliphatic carbocycles. The van der Waals surface area contributed by atoms with Gasteiger partial charge >= 0.3 is 5.97 Å². The van der Waals surface area contributed by atoms with Crippen molar-refractivity contribution in [3.05, 3.63) is 0 Å². The van der Waals surface area contributed by atoms with Gasteiger partial charge in [-0.05, 0) is 37.5 Å². The summed E-state index contributed by atoms with van der Waals surface area (Å²) < 4.78 is 0. The molecule has 0 saturated heterocycles. The molecule has 4 atom stereocenters. The van der Waals surface area contributed by atoms with Crippen LogP contribution in [-0.4, -0.2) is 71.4 Å². The van der Waals surface area contributed by atoms with Crippen molar-refractivity contribution in [1.82, 2.24) is 16.0 Å². The number of nitrogens with one attached hydrogen (secondary N) is 3. The number of primary amides is 1. The molecule has 0 spiro atoms. The van der Waals surface area contributed by atoms with E-state index in [0.29, 0.717) is 12.8 Å². The highest BCUT2D eigenvalue weighted by Crippen LogP contribution is 2.09. The highest BCUT2D eigenvalue weighted by atomic mass is 16.4. The Morgan fingerprint density at radius 3 is 1.75 bits per heavy atom. The number of carbonyl (C=O) groups is 5. The van der Waals surface area contributed by atoms with Crippen molar-refractivity contribution in [2.45, 2.75) is 84.0 Å². The van der Waals surface area contributed by atoms with E-state index in [1.54, 1.807) is 0 Å². The highest BCUT2D eigenvalue weighted by Gasteiger charge is 2.31. The monoisotopic (exact) mass is 514 g/mol. The van der Waals surface area contributed by atoms with Crippen LogP contribution in [-0.2, 0) is 24.0 Å². The Labute approximate surface area is 211 Å². The molecule has 4 amide bonds. The van der Waals surface area contributed by atoms with Crippen LogP contribution < -0.4 is 38.9 Å². The van der Waals surface area contributed by atoms with Gasteiger partial charge in [-0.2, -0.15) is 0 Å². The van der Waals surface area contributed by atoms with E-state index in [0.717, 1.165) is 0 Å². The van der Waals surface area contributed by atoms with Crippen LogP contribution in [0.25, 0.3) is 0 Å². The predicted molar refractivity (Wildman–Crippen MR) is 134 cm³/mol. The first-order chi connectivity index (χ1) is 16.6. The van der Waals surface area contributed by atoms with Gasteiger partial charge in [-0.25, -0.2) is 4.79 Å². The number of rotatable bonds is 17. The van der Waals surface area contributed by atoms with Crippen molar-refractivity contribution in [2.75, 3.05) is 6.54 Å². The van der Waals surface area contributed by atoms with Crippen LogP contribution in [0.2, 0.25) is 0 Å². The SMILES string of the molecule is CC(C)CC(N)C(=O)NC(CC(N)=O)C(=O)NC(CC(C)C)C(=O)NC(CCCN=C(N)N)C(=O)O. The third kappa shape index (κ3) is 14.1. The third-order valence-corrected chi connectivity index (χ3v) is 5.00. The van der Waals surface area contributed by atoms with Gasteiger partial charge < -0.3 is 44.0 Å². The van der Waals surface area contributed by atoms with Crippen LogP contribution in [0.4, 0.5) is 0 Å². The Kier molecular flexibility index (Phi) is 14.7. The van der Waals surface area contributed by atoms with Crippen LogP contribution in [0, 0.1) is 11.8 Å². The number of nitrogens with two attached hydrogens (primary N) is 4. The number of guanidine groups is 1.